The van der Waals surface area contributed by atoms with Gasteiger partial charge in [-0.2, -0.15) is 0 Å². The fourth-order valence-electron chi connectivity index (χ4n) is 1.25. The highest BCUT2D eigenvalue weighted by Crippen LogP contribution is 2.09. The Balaban J connectivity index is 2.51. The summed E-state index contributed by atoms with van der Waals surface area (Å²) < 4.78 is 0. The summed E-state index contributed by atoms with van der Waals surface area (Å²) in [5.74, 6) is 0.295. The van der Waals surface area contributed by atoms with Gasteiger partial charge < -0.3 is 9.97 Å². The highest BCUT2D eigenvalue weighted by Gasteiger charge is 2.08. The minimum absolute atomic E-state index is 0.110. The maximum absolute atomic E-state index is 11.4. The van der Waals surface area contributed by atoms with E-state index in [9.17, 15) is 9.59 Å². The van der Waals surface area contributed by atoms with E-state index in [1.807, 2.05) is 0 Å². The number of carbonyl (C=O) groups excluding carboxylic acids is 1. The second kappa shape index (κ2) is 3.53. The van der Waals surface area contributed by atoms with Crippen molar-refractivity contribution in [3.05, 3.63) is 40.6 Å². The number of hydrogen-bond acceptors (Lipinski definition) is 3. The van der Waals surface area contributed by atoms with Gasteiger partial charge in [0.2, 0.25) is 0 Å². The maximum atomic E-state index is 11.4. The van der Waals surface area contributed by atoms with Crippen molar-refractivity contribution >= 4 is 5.78 Å². The monoisotopic (exact) mass is 203 g/mol. The van der Waals surface area contributed by atoms with E-state index >= 15 is 0 Å². The molecule has 0 amide bonds. The van der Waals surface area contributed by atoms with Crippen LogP contribution in [0.2, 0.25) is 0 Å². The molecule has 0 fully saturated rings. The van der Waals surface area contributed by atoms with Crippen LogP contribution < -0.4 is 5.56 Å². The minimum atomic E-state index is -0.234. The van der Waals surface area contributed by atoms with Crippen LogP contribution in [0.4, 0.5) is 0 Å². The second-order valence-corrected chi connectivity index (χ2v) is 3.11. The number of rotatable bonds is 2. The third kappa shape index (κ3) is 1.71. The number of nitrogens with zero attached hydrogens (tertiary/aromatic N) is 1. The van der Waals surface area contributed by atoms with Crippen molar-refractivity contribution in [2.24, 2.45) is 0 Å². The van der Waals surface area contributed by atoms with E-state index in [-0.39, 0.29) is 11.3 Å². The topological polar surface area (TPSA) is 78.6 Å². The lowest BCUT2D eigenvalue weighted by atomic mass is 10.3. The normalized spacial score (nSPS) is 10.2. The Morgan fingerprint density at radius 2 is 2.27 bits per heavy atom. The number of imidazole rings is 1. The van der Waals surface area contributed by atoms with Gasteiger partial charge in [0, 0.05) is 13.1 Å². The highest BCUT2D eigenvalue weighted by molar-refractivity contribution is 5.92. The van der Waals surface area contributed by atoms with Gasteiger partial charge in [-0.25, -0.2) is 4.98 Å². The van der Waals surface area contributed by atoms with Crippen molar-refractivity contribution in [2.45, 2.75) is 6.92 Å². The molecule has 2 N–H and O–H groups in total. The average molecular weight is 203 g/mol. The van der Waals surface area contributed by atoms with E-state index in [4.69, 9.17) is 0 Å². The molecule has 0 aromatic carbocycles. The molecule has 2 aromatic rings. The van der Waals surface area contributed by atoms with E-state index in [2.05, 4.69) is 15.0 Å². The molecule has 0 spiro atoms. The molecule has 5 nitrogen and oxygen atoms in total. The van der Waals surface area contributed by atoms with Gasteiger partial charge in [0.15, 0.2) is 5.78 Å². The van der Waals surface area contributed by atoms with E-state index in [0.717, 1.165) is 0 Å². The van der Waals surface area contributed by atoms with Crippen molar-refractivity contribution in [3.63, 3.8) is 0 Å². The van der Waals surface area contributed by atoms with Crippen LogP contribution in [-0.4, -0.2) is 20.7 Å². The molecule has 0 saturated carbocycles. The van der Waals surface area contributed by atoms with E-state index < -0.39 is 0 Å². The lowest BCUT2D eigenvalue weighted by Gasteiger charge is -1.93. The van der Waals surface area contributed by atoms with Gasteiger partial charge in [0.1, 0.15) is 11.5 Å². The summed E-state index contributed by atoms with van der Waals surface area (Å²) >= 11 is 0. The van der Waals surface area contributed by atoms with Crippen LogP contribution in [0.3, 0.4) is 0 Å². The standard InChI is InChI=1S/C10H9N3O2/c1-6(14)8-5-12-9(13-8)7-3-2-4-11-10(7)15/h2-5H,1H3,(H,11,15)(H,12,13). The van der Waals surface area contributed by atoms with Gasteiger partial charge in [-0.15, -0.1) is 0 Å². The molecule has 0 aliphatic carbocycles. The molecule has 0 atom stereocenters. The van der Waals surface area contributed by atoms with Crippen LogP contribution in [-0.2, 0) is 0 Å². The number of nitrogens with one attached hydrogen (secondary N) is 2. The van der Waals surface area contributed by atoms with Crippen LogP contribution in [0.15, 0.2) is 29.3 Å². The molecule has 2 aromatic heterocycles. The molecule has 2 heterocycles. The Morgan fingerprint density at radius 1 is 1.47 bits per heavy atom. The molecule has 0 unspecified atom stereocenters. The fraction of sp³-hybridized carbons (Fsp3) is 0.100. The van der Waals surface area contributed by atoms with Crippen LogP contribution in [0.25, 0.3) is 11.4 Å². The Morgan fingerprint density at radius 3 is 2.87 bits per heavy atom. The number of pyridine rings is 1. The molecule has 0 bridgehead atoms. The number of H-pyrrole nitrogens is 2. The first-order chi connectivity index (χ1) is 7.18. The summed E-state index contributed by atoms with van der Waals surface area (Å²) in [7, 11) is 0. The number of carbonyl (C=O) groups is 1. The van der Waals surface area contributed by atoms with Gasteiger partial charge in [0.25, 0.3) is 5.56 Å². The molecular weight excluding hydrogens is 194 g/mol. The van der Waals surface area contributed by atoms with Crippen LogP contribution in [0.1, 0.15) is 17.4 Å². The van der Waals surface area contributed by atoms with Crippen LogP contribution in [0, 0.1) is 0 Å². The molecule has 5 heteroatoms. The quantitative estimate of drug-likeness (QED) is 0.714. The first-order valence-electron chi connectivity index (χ1n) is 4.42. The summed E-state index contributed by atoms with van der Waals surface area (Å²) in [6.45, 7) is 1.44. The first kappa shape index (κ1) is 9.39. The van der Waals surface area contributed by atoms with Crippen LogP contribution >= 0.6 is 0 Å². The SMILES string of the molecule is CC(=O)c1cnc(-c2ccc[nH]c2=O)[nH]1. The van der Waals surface area contributed by atoms with E-state index in [0.29, 0.717) is 17.1 Å². The predicted octanol–water partition coefficient (Wildman–Crippen LogP) is 0.968. The highest BCUT2D eigenvalue weighted by atomic mass is 16.1. The number of aromatic amines is 2. The summed E-state index contributed by atoms with van der Waals surface area (Å²) in [6, 6.07) is 3.34. The van der Waals surface area contributed by atoms with Crippen molar-refractivity contribution in [3.8, 4) is 11.4 Å². The number of aromatic nitrogens is 3. The largest absolute Gasteiger partial charge is 0.335 e. The summed E-state index contributed by atoms with van der Waals surface area (Å²) in [5.41, 5.74) is 0.584. The molecule has 76 valence electrons. The average Bonchev–Trinajstić information content (AvgIpc) is 2.67. The van der Waals surface area contributed by atoms with E-state index in [1.54, 1.807) is 18.3 Å². The van der Waals surface area contributed by atoms with Crippen molar-refractivity contribution in [1.29, 1.82) is 0 Å². The third-order valence-electron chi connectivity index (χ3n) is 2.03. The van der Waals surface area contributed by atoms with Crippen molar-refractivity contribution in [2.75, 3.05) is 0 Å². The van der Waals surface area contributed by atoms with Gasteiger partial charge in [-0.1, -0.05) is 0 Å². The fourth-order valence-corrected chi connectivity index (χ4v) is 1.25. The van der Waals surface area contributed by atoms with Crippen molar-refractivity contribution < 1.29 is 4.79 Å². The molecule has 15 heavy (non-hydrogen) atoms. The molecule has 0 aliphatic heterocycles. The Hall–Kier alpha value is -2.17. The van der Waals surface area contributed by atoms with Crippen LogP contribution in [0.5, 0.6) is 0 Å². The predicted molar refractivity (Wildman–Crippen MR) is 54.6 cm³/mol. The zero-order chi connectivity index (χ0) is 10.8. The second-order valence-electron chi connectivity index (χ2n) is 3.11. The van der Waals surface area contributed by atoms with E-state index in [1.165, 1.54) is 13.1 Å². The number of Topliss-reactive ketones (excluding diaryl/α,β-unsaturated/α-hetero) is 1. The zero-order valence-electron chi connectivity index (χ0n) is 8.07. The molecule has 0 radical (unpaired) electrons. The summed E-state index contributed by atoms with van der Waals surface area (Å²) in [5, 5.41) is 0. The third-order valence-corrected chi connectivity index (χ3v) is 2.03. The smallest absolute Gasteiger partial charge is 0.258 e. The Bertz CT molecular complexity index is 554. The van der Waals surface area contributed by atoms with Gasteiger partial charge in [-0.3, -0.25) is 9.59 Å². The zero-order valence-corrected chi connectivity index (χ0v) is 8.07. The molecule has 2 rings (SSSR count). The number of hydrogen-bond donors (Lipinski definition) is 2. The summed E-state index contributed by atoms with van der Waals surface area (Å²) in [4.78, 5) is 31.7. The van der Waals surface area contributed by atoms with Gasteiger partial charge >= 0.3 is 0 Å². The Kier molecular flexibility index (Phi) is 2.21. The number of ketones is 1. The molecule has 0 aliphatic rings. The lowest BCUT2D eigenvalue weighted by Crippen LogP contribution is -2.07. The van der Waals surface area contributed by atoms with Gasteiger partial charge in [0.05, 0.1) is 11.8 Å². The molecular formula is C10H9N3O2. The summed E-state index contributed by atoms with van der Waals surface area (Å²) in [6.07, 6.45) is 2.96. The lowest BCUT2D eigenvalue weighted by molar-refractivity contribution is 0.101. The Labute approximate surface area is 85.2 Å². The first-order valence-corrected chi connectivity index (χ1v) is 4.42. The minimum Gasteiger partial charge on any atom is -0.335 e. The van der Waals surface area contributed by atoms with Crippen molar-refractivity contribution in [1.82, 2.24) is 15.0 Å². The van der Waals surface area contributed by atoms with Gasteiger partial charge in [-0.05, 0) is 12.1 Å². The maximum Gasteiger partial charge on any atom is 0.258 e. The molecule has 0 saturated heterocycles.